The number of carboxylic acid groups (broad SMARTS) is 4. The fourth-order valence-electron chi connectivity index (χ4n) is 12.5. The third kappa shape index (κ3) is 20.3. The molecule has 4 aliphatic carbocycles. The molecule has 0 heterocycles. The largest absolute Gasteiger partial charge is 3.00 e. The molecule has 1 radical (unpaired) electrons. The molecule has 6 unspecified atom stereocenters. The molecule has 11 N–H and O–H groups in total. The zero-order valence-corrected chi connectivity index (χ0v) is 50.7. The molecule has 0 aliphatic heterocycles. The van der Waals surface area contributed by atoms with Crippen molar-refractivity contribution in [3.63, 3.8) is 0 Å². The number of aliphatic carboxylic acids is 4. The number of rotatable bonds is 27. The van der Waals surface area contributed by atoms with Crippen molar-refractivity contribution in [1.29, 1.82) is 0 Å². The molecule has 4 fully saturated rings. The standard InChI is InChI=1S/C43H73N5O17S.Gd.3Na/c1-25(4-8-34(51)44-12-17-66(63,64)65)28-5-6-29-40-30(20-33(50)43(28,29)3)42(2)11-10-27(18-26(42)19-32(40)49)45-35(52)9-7-31(41(61)62)48(15-13-46(21-36(53)54)22-37(55)56)16-14-47(23-38(57)58)24-39(59)60;;;;/h25-33,36,40,49-50,53-54H,4-24H2,1-3H3,(H,44,51)(H,45,52)(H,55,56)(H,57,58)(H,59,60)(H,61,62)(H,63,64,65);;;;/q;+3;3*+1/t25?,26?,27-,28+,29?,30?,31+,32?,33-,40?,42-,43+;;;;/m0..../s1. The number of aliphatic hydroxyl groups excluding tert-OH is 3. The molecule has 4 aliphatic rings. The number of amides is 2. The first-order chi connectivity index (χ1) is 30.7. The van der Waals surface area contributed by atoms with Gasteiger partial charge in [-0.25, -0.2) is 0 Å². The molecule has 70 heavy (non-hydrogen) atoms. The summed E-state index contributed by atoms with van der Waals surface area (Å²) in [5.74, 6) is -6.32. The zero-order chi connectivity index (χ0) is 49.3. The summed E-state index contributed by atoms with van der Waals surface area (Å²) in [4.78, 5) is 76.7. The van der Waals surface area contributed by atoms with Gasteiger partial charge in [-0.3, -0.25) is 48.0 Å². The molecule has 4 rings (SSSR count). The van der Waals surface area contributed by atoms with E-state index in [0.29, 0.717) is 32.1 Å². The molecule has 22 nitrogen and oxygen atoms in total. The summed E-state index contributed by atoms with van der Waals surface area (Å²) >= 11 is 0. The SMILES string of the molecule is CC(CCC(=O)NCCS(=O)(=O)O)[C@H]1CCC2C3C(O)CC4C[C@@H](NC(=O)CC[C@H](C(=O)O)N(CCN(CC(=O)O)CC(=O)O)CCN(CC(=O)O)CC(O)O)CC[C@]4(C)C3C[C@H](O)[C@@]21C.[Gd+3].[Na+].[Na+].[Na+]. The van der Waals surface area contributed by atoms with E-state index in [1.807, 2.05) is 0 Å². The van der Waals surface area contributed by atoms with Gasteiger partial charge in [0.1, 0.15) is 6.04 Å². The van der Waals surface area contributed by atoms with E-state index in [1.54, 1.807) is 0 Å². The molecule has 12 atom stereocenters. The summed E-state index contributed by atoms with van der Waals surface area (Å²) < 4.78 is 31.0. The van der Waals surface area contributed by atoms with E-state index >= 15 is 0 Å². The average Bonchev–Trinajstić information content (AvgIpc) is 3.55. The summed E-state index contributed by atoms with van der Waals surface area (Å²) in [5.41, 5.74) is -0.723. The van der Waals surface area contributed by atoms with Gasteiger partial charge in [-0.2, -0.15) is 8.42 Å². The van der Waals surface area contributed by atoms with E-state index in [-0.39, 0.29) is 233 Å². The van der Waals surface area contributed by atoms with Crippen molar-refractivity contribution in [2.45, 2.75) is 122 Å². The van der Waals surface area contributed by atoms with Crippen LogP contribution in [0, 0.1) is 86.3 Å². The van der Waals surface area contributed by atoms with E-state index in [1.165, 1.54) is 9.80 Å². The maximum atomic E-state index is 13.5. The predicted molar refractivity (Wildman–Crippen MR) is 234 cm³/mol. The third-order valence-electron chi connectivity index (χ3n) is 15.7. The number of fused-ring (bicyclic) bond motifs is 5. The second kappa shape index (κ2) is 31.9. The summed E-state index contributed by atoms with van der Waals surface area (Å²) in [6.07, 6.45) is 1.66. The Morgan fingerprint density at radius 2 is 1.30 bits per heavy atom. The molecule has 0 spiro atoms. The molecular formula is C43H73GdN5Na3O17S+6. The summed E-state index contributed by atoms with van der Waals surface area (Å²) in [6.45, 7) is 3.16. The van der Waals surface area contributed by atoms with Crippen LogP contribution < -0.4 is 99.3 Å². The van der Waals surface area contributed by atoms with Crippen LogP contribution in [0.1, 0.15) is 91.4 Å². The molecule has 4 saturated carbocycles. The Morgan fingerprint density at radius 3 is 1.84 bits per heavy atom. The van der Waals surface area contributed by atoms with Crippen LogP contribution in [0.15, 0.2) is 0 Å². The van der Waals surface area contributed by atoms with E-state index in [9.17, 15) is 78.0 Å². The van der Waals surface area contributed by atoms with Gasteiger partial charge in [0, 0.05) is 58.2 Å². The van der Waals surface area contributed by atoms with Crippen LogP contribution in [-0.2, 0) is 38.9 Å². The molecular weight excluding hydrogens is 1120 g/mol. The smallest absolute Gasteiger partial charge is 0.480 e. The van der Waals surface area contributed by atoms with Gasteiger partial charge in [0.25, 0.3) is 10.1 Å². The maximum absolute atomic E-state index is 13.5. The molecule has 0 bridgehead atoms. The Labute approximate surface area is 509 Å². The van der Waals surface area contributed by atoms with Gasteiger partial charge in [-0.1, -0.05) is 20.8 Å². The molecule has 0 aromatic carbocycles. The van der Waals surface area contributed by atoms with Crippen molar-refractivity contribution in [2.24, 2.45) is 46.3 Å². The van der Waals surface area contributed by atoms with E-state index < -0.39 is 102 Å². The molecule has 0 aromatic heterocycles. The van der Waals surface area contributed by atoms with Crippen LogP contribution in [0.2, 0.25) is 0 Å². The average molecular weight is 1190 g/mol. The van der Waals surface area contributed by atoms with Gasteiger partial charge < -0.3 is 51.5 Å². The molecule has 383 valence electrons. The molecule has 2 amide bonds. The van der Waals surface area contributed by atoms with Crippen LogP contribution in [0.4, 0.5) is 0 Å². The summed E-state index contributed by atoms with van der Waals surface area (Å²) in [6, 6.07) is -1.61. The number of carboxylic acids is 4. The first-order valence-electron chi connectivity index (χ1n) is 23.0. The number of nitrogens with zero attached hydrogens (tertiary/aromatic N) is 3. The van der Waals surface area contributed by atoms with Gasteiger partial charge in [0.2, 0.25) is 11.8 Å². The summed E-state index contributed by atoms with van der Waals surface area (Å²) in [5, 5.41) is 86.9. The number of aliphatic hydroxyl groups is 4. The Hall–Kier alpha value is 0.775. The topological polar surface area (TPSA) is 352 Å². The van der Waals surface area contributed by atoms with Crippen LogP contribution in [-0.4, -0.2) is 199 Å². The maximum Gasteiger partial charge on any atom is 3.00 e. The number of carbonyl (C=O) groups excluding carboxylic acids is 2. The third-order valence-corrected chi connectivity index (χ3v) is 16.4. The molecule has 27 heteroatoms. The second-order valence-corrected chi connectivity index (χ2v) is 21.4. The monoisotopic (exact) mass is 1190 g/mol. The predicted octanol–water partition coefficient (Wildman–Crippen LogP) is -9.79. The number of hydrogen-bond acceptors (Lipinski definition) is 15. The van der Waals surface area contributed by atoms with Crippen molar-refractivity contribution in [1.82, 2.24) is 25.3 Å². The van der Waals surface area contributed by atoms with Crippen molar-refractivity contribution in [2.75, 3.05) is 64.7 Å². The molecule has 0 saturated heterocycles. The van der Waals surface area contributed by atoms with Crippen molar-refractivity contribution in [3.05, 3.63) is 0 Å². The van der Waals surface area contributed by atoms with Crippen LogP contribution in [0.5, 0.6) is 0 Å². The van der Waals surface area contributed by atoms with Crippen molar-refractivity contribution < 1.29 is 211 Å². The van der Waals surface area contributed by atoms with Crippen LogP contribution in [0.25, 0.3) is 0 Å². The fourth-order valence-corrected chi connectivity index (χ4v) is 12.9. The van der Waals surface area contributed by atoms with E-state index in [4.69, 9.17) is 4.55 Å². The first kappa shape index (κ1) is 70.8. The van der Waals surface area contributed by atoms with Gasteiger partial charge >= 0.3 is 152 Å². The van der Waals surface area contributed by atoms with E-state index in [2.05, 4.69) is 31.4 Å². The van der Waals surface area contributed by atoms with Crippen molar-refractivity contribution >= 4 is 45.8 Å². The normalized spacial score (nSPS) is 28.9. The quantitative estimate of drug-likeness (QED) is 0.0207. The fraction of sp³-hybridized carbons (Fsp3) is 0.860. The van der Waals surface area contributed by atoms with Gasteiger partial charge in [0.15, 0.2) is 6.29 Å². The van der Waals surface area contributed by atoms with E-state index in [0.717, 1.165) is 24.2 Å². The minimum atomic E-state index is -4.19. The zero-order valence-electron chi connectivity index (χ0n) is 41.6. The van der Waals surface area contributed by atoms with Crippen LogP contribution >= 0.6 is 0 Å². The Kier molecular flexibility index (Phi) is 32.2. The minimum Gasteiger partial charge on any atom is -0.480 e. The minimum absolute atomic E-state index is 0. The summed E-state index contributed by atoms with van der Waals surface area (Å²) in [7, 11) is -4.19. The number of hydrogen-bond donors (Lipinski definition) is 11. The van der Waals surface area contributed by atoms with Gasteiger partial charge in [-0.05, 0) is 104 Å². The number of carbonyl (C=O) groups is 6. The number of nitrogens with one attached hydrogen (secondary N) is 2. The Balaban J connectivity index is 0.0000119. The Morgan fingerprint density at radius 1 is 0.743 bits per heavy atom. The van der Waals surface area contributed by atoms with Gasteiger partial charge in [-0.15, -0.1) is 0 Å². The van der Waals surface area contributed by atoms with Crippen molar-refractivity contribution in [3.8, 4) is 0 Å². The van der Waals surface area contributed by atoms with Crippen LogP contribution in [0.3, 0.4) is 0 Å². The first-order valence-corrected chi connectivity index (χ1v) is 24.7. The second-order valence-electron chi connectivity index (χ2n) is 19.8. The Bertz CT molecular complexity index is 1830. The van der Waals surface area contributed by atoms with Gasteiger partial charge in [0.05, 0.1) is 37.6 Å². The molecule has 0 aromatic rings.